The Bertz CT molecular complexity index is 1200. The van der Waals surface area contributed by atoms with Gasteiger partial charge < -0.3 is 5.11 Å². The fourth-order valence-corrected chi connectivity index (χ4v) is 5.21. The molecule has 0 bridgehead atoms. The lowest BCUT2D eigenvalue weighted by Crippen LogP contribution is -2.30. The van der Waals surface area contributed by atoms with Crippen LogP contribution in [0.25, 0.3) is 0 Å². The van der Waals surface area contributed by atoms with Crippen LogP contribution in [0.2, 0.25) is 0 Å². The second-order valence-corrected chi connectivity index (χ2v) is 12.3. The fourth-order valence-electron chi connectivity index (χ4n) is 5.21. The highest BCUT2D eigenvalue weighted by Gasteiger charge is 2.34. The molecule has 6 nitrogen and oxygen atoms in total. The molecule has 3 rings (SSSR count). The summed E-state index contributed by atoms with van der Waals surface area (Å²) in [6.07, 6.45) is 6.03. The van der Waals surface area contributed by atoms with Gasteiger partial charge in [0.2, 0.25) is 0 Å². The van der Waals surface area contributed by atoms with E-state index < -0.39 is 17.5 Å². The molecule has 0 heterocycles. The predicted molar refractivity (Wildman–Crippen MR) is 146 cm³/mol. The molecule has 0 amide bonds. The van der Waals surface area contributed by atoms with Gasteiger partial charge >= 0.3 is 0 Å². The summed E-state index contributed by atoms with van der Waals surface area (Å²) in [6, 6.07) is 12.3. The molecule has 36 heavy (non-hydrogen) atoms. The van der Waals surface area contributed by atoms with Crippen molar-refractivity contribution in [3.05, 3.63) is 93.1 Å². The zero-order valence-corrected chi connectivity index (χ0v) is 22.7. The Morgan fingerprint density at radius 3 is 2.22 bits per heavy atom. The van der Waals surface area contributed by atoms with Crippen LogP contribution in [0.4, 0.5) is 5.69 Å². The van der Waals surface area contributed by atoms with E-state index in [-0.39, 0.29) is 21.5 Å². The maximum Gasteiger partial charge on any atom is 0.259 e. The van der Waals surface area contributed by atoms with Crippen LogP contribution in [0.5, 0.6) is 5.75 Å². The summed E-state index contributed by atoms with van der Waals surface area (Å²) in [5.41, 5.74) is 3.40. The number of hydrogen-bond donors (Lipinski definition) is 1. The molecule has 0 spiro atoms. The highest BCUT2D eigenvalue weighted by molar-refractivity contribution is 5.62. The Labute approximate surface area is 215 Å². The van der Waals surface area contributed by atoms with E-state index in [1.807, 2.05) is 37.3 Å². The third-order valence-electron chi connectivity index (χ3n) is 6.89. The number of azo groups is 1. The summed E-state index contributed by atoms with van der Waals surface area (Å²) in [4.78, 5) is 11.3. The summed E-state index contributed by atoms with van der Waals surface area (Å²) in [7, 11) is 0. The number of nitro groups is 1. The van der Waals surface area contributed by atoms with Gasteiger partial charge in [0.25, 0.3) is 6.04 Å². The van der Waals surface area contributed by atoms with Crippen molar-refractivity contribution in [1.82, 2.24) is 0 Å². The van der Waals surface area contributed by atoms with E-state index in [1.54, 1.807) is 12.2 Å². The van der Waals surface area contributed by atoms with E-state index in [2.05, 4.69) is 76.9 Å². The molecule has 1 aliphatic rings. The standard InChI is InChI=1S/C30H39N3O3/c1-20-14-15-24(26(16-20)33(35)36)31-32-25-18-22(29(5,6)19-28(2,3)4)17-23(27(25)34)30(7,8)21-12-10-9-11-13-21/h9-18,24,26,34H,19H2,1-8H3. The molecule has 0 aliphatic heterocycles. The van der Waals surface area contributed by atoms with Gasteiger partial charge in [0.1, 0.15) is 11.4 Å². The van der Waals surface area contributed by atoms with Gasteiger partial charge in [-0.2, -0.15) is 10.2 Å². The van der Waals surface area contributed by atoms with E-state index in [1.165, 1.54) is 0 Å². The average Bonchev–Trinajstić information content (AvgIpc) is 2.77. The number of allylic oxidation sites excluding steroid dienone is 2. The highest BCUT2D eigenvalue weighted by Crippen LogP contribution is 2.46. The van der Waals surface area contributed by atoms with Gasteiger partial charge in [0, 0.05) is 15.9 Å². The number of rotatable bonds is 7. The highest BCUT2D eigenvalue weighted by atomic mass is 16.6. The van der Waals surface area contributed by atoms with Crippen LogP contribution in [0.15, 0.2) is 76.5 Å². The van der Waals surface area contributed by atoms with Crippen molar-refractivity contribution in [1.29, 1.82) is 0 Å². The maximum absolute atomic E-state index is 11.6. The Morgan fingerprint density at radius 2 is 1.64 bits per heavy atom. The first-order valence-electron chi connectivity index (χ1n) is 12.5. The van der Waals surface area contributed by atoms with E-state index in [4.69, 9.17) is 0 Å². The number of aromatic hydroxyl groups is 1. The fraction of sp³-hybridized carbons (Fsp3) is 0.467. The van der Waals surface area contributed by atoms with Crippen LogP contribution >= 0.6 is 0 Å². The normalized spacial score (nSPS) is 18.9. The molecular formula is C30H39N3O3. The Hall–Kier alpha value is -3.28. The number of phenols is 1. The Balaban J connectivity index is 2.16. The van der Waals surface area contributed by atoms with Crippen LogP contribution in [0, 0.1) is 15.5 Å². The van der Waals surface area contributed by atoms with Crippen molar-refractivity contribution in [3.63, 3.8) is 0 Å². The lowest BCUT2D eigenvalue weighted by molar-refractivity contribution is -0.510. The molecule has 2 aromatic rings. The van der Waals surface area contributed by atoms with Crippen molar-refractivity contribution in [3.8, 4) is 5.75 Å². The molecule has 6 heteroatoms. The average molecular weight is 490 g/mol. The second kappa shape index (κ2) is 10.00. The van der Waals surface area contributed by atoms with Crippen LogP contribution < -0.4 is 0 Å². The van der Waals surface area contributed by atoms with E-state index >= 15 is 0 Å². The van der Waals surface area contributed by atoms with Crippen molar-refractivity contribution >= 4 is 5.69 Å². The van der Waals surface area contributed by atoms with Gasteiger partial charge in [-0.25, -0.2) is 0 Å². The Kier molecular flexibility index (Phi) is 7.58. The monoisotopic (exact) mass is 489 g/mol. The third kappa shape index (κ3) is 6.10. The summed E-state index contributed by atoms with van der Waals surface area (Å²) < 4.78 is 0. The number of benzene rings is 2. The molecule has 0 radical (unpaired) electrons. The van der Waals surface area contributed by atoms with E-state index in [0.29, 0.717) is 5.69 Å². The maximum atomic E-state index is 11.6. The lowest BCUT2D eigenvalue weighted by atomic mass is 9.70. The molecule has 2 unspecified atom stereocenters. The van der Waals surface area contributed by atoms with E-state index in [0.717, 1.165) is 28.7 Å². The topological polar surface area (TPSA) is 88.1 Å². The van der Waals surface area contributed by atoms with Gasteiger partial charge in [0.15, 0.2) is 6.04 Å². The van der Waals surface area contributed by atoms with Crippen LogP contribution in [0.3, 0.4) is 0 Å². The zero-order valence-electron chi connectivity index (χ0n) is 22.7. The minimum absolute atomic E-state index is 0.0482. The summed E-state index contributed by atoms with van der Waals surface area (Å²) in [5, 5.41) is 31.8. The van der Waals surface area contributed by atoms with Crippen molar-refractivity contribution < 1.29 is 10.0 Å². The predicted octanol–water partition coefficient (Wildman–Crippen LogP) is 8.05. The zero-order chi connectivity index (χ0) is 26.9. The quantitative estimate of drug-likeness (QED) is 0.242. The molecule has 0 fully saturated rings. The van der Waals surface area contributed by atoms with Crippen LogP contribution in [-0.2, 0) is 10.8 Å². The van der Waals surface area contributed by atoms with Gasteiger partial charge in [-0.1, -0.05) is 97.0 Å². The third-order valence-corrected chi connectivity index (χ3v) is 6.89. The van der Waals surface area contributed by atoms with Crippen LogP contribution in [-0.4, -0.2) is 22.1 Å². The minimum atomic E-state index is -0.985. The SMILES string of the molecule is CC1=CC([N+](=O)[O-])C(N=Nc2cc(C(C)(C)CC(C)(C)C)cc(C(C)(C)c3ccccc3)c2O)C=C1. The second-order valence-electron chi connectivity index (χ2n) is 12.3. The van der Waals surface area contributed by atoms with Gasteiger partial charge in [-0.15, -0.1) is 0 Å². The molecule has 1 aliphatic carbocycles. The largest absolute Gasteiger partial charge is 0.505 e. The van der Waals surface area contributed by atoms with E-state index in [9.17, 15) is 15.2 Å². The summed E-state index contributed by atoms with van der Waals surface area (Å²) in [5.74, 6) is 0.0482. The first-order chi connectivity index (χ1) is 16.6. The molecule has 2 atom stereocenters. The van der Waals surface area contributed by atoms with Gasteiger partial charge in [-0.05, 0) is 53.0 Å². The number of nitrogens with zero attached hydrogens (tertiary/aromatic N) is 3. The van der Waals surface area contributed by atoms with Crippen molar-refractivity contribution in [2.45, 2.75) is 84.7 Å². The first-order valence-corrected chi connectivity index (χ1v) is 12.5. The molecular weight excluding hydrogens is 450 g/mol. The van der Waals surface area contributed by atoms with Gasteiger partial charge in [-0.3, -0.25) is 10.1 Å². The van der Waals surface area contributed by atoms with Crippen LogP contribution in [0.1, 0.15) is 78.5 Å². The lowest BCUT2D eigenvalue weighted by Gasteiger charge is -2.35. The minimum Gasteiger partial charge on any atom is -0.505 e. The molecule has 0 saturated heterocycles. The van der Waals surface area contributed by atoms with Crippen molar-refractivity contribution in [2.75, 3.05) is 0 Å². The van der Waals surface area contributed by atoms with Crippen molar-refractivity contribution in [2.24, 2.45) is 15.6 Å². The molecule has 2 aromatic carbocycles. The molecule has 0 saturated carbocycles. The molecule has 192 valence electrons. The summed E-state index contributed by atoms with van der Waals surface area (Å²) >= 11 is 0. The molecule has 0 aromatic heterocycles. The molecule has 1 N–H and O–H groups in total. The smallest absolute Gasteiger partial charge is 0.259 e. The van der Waals surface area contributed by atoms with Gasteiger partial charge in [0.05, 0.1) is 0 Å². The number of hydrogen-bond acceptors (Lipinski definition) is 5. The number of phenolic OH excluding ortho intramolecular Hbond substituents is 1. The summed E-state index contributed by atoms with van der Waals surface area (Å²) in [6.45, 7) is 17.0. The Morgan fingerprint density at radius 1 is 1.00 bits per heavy atom. The first kappa shape index (κ1) is 27.3.